The Bertz CT molecular complexity index is 1920. The van der Waals surface area contributed by atoms with E-state index in [1.165, 1.54) is 0 Å². The second-order valence-corrected chi connectivity index (χ2v) is 10.7. The number of anilines is 2. The normalized spacial score (nSPS) is 10.8. The number of imidazole rings is 2. The highest BCUT2D eigenvalue weighted by molar-refractivity contribution is 5.75. The molecular formula is C38H31N7O. The first-order valence-electron chi connectivity index (χ1n) is 15.1. The van der Waals surface area contributed by atoms with Crippen molar-refractivity contribution < 1.29 is 4.74 Å². The number of benzene rings is 4. The largest absolute Gasteiger partial charge is 0.439 e. The first kappa shape index (κ1) is 28.5. The molecule has 46 heavy (non-hydrogen) atoms. The van der Waals surface area contributed by atoms with Gasteiger partial charge in [-0.3, -0.25) is 0 Å². The number of aromatic amines is 2. The van der Waals surface area contributed by atoms with E-state index in [1.54, 1.807) is 0 Å². The van der Waals surface area contributed by atoms with E-state index in [0.29, 0.717) is 12.3 Å². The van der Waals surface area contributed by atoms with Gasteiger partial charge in [0.15, 0.2) is 0 Å². The molecule has 4 aromatic heterocycles. The summed E-state index contributed by atoms with van der Waals surface area (Å²) in [4.78, 5) is 24.7. The lowest BCUT2D eigenvalue weighted by Gasteiger charge is -2.05. The van der Waals surface area contributed by atoms with E-state index < -0.39 is 0 Å². The van der Waals surface area contributed by atoms with Gasteiger partial charge in [-0.25, -0.2) is 19.9 Å². The van der Waals surface area contributed by atoms with E-state index in [2.05, 4.69) is 41.3 Å². The van der Waals surface area contributed by atoms with Crippen LogP contribution in [0.15, 0.2) is 146 Å². The molecule has 3 N–H and O–H groups in total. The minimum absolute atomic E-state index is 0.588. The number of H-pyrrole nitrogens is 2. The SMILES string of the molecule is c1ccc(Nc2ccc(Cc3nc4ccccc4[nH]3)cn2)cc1.c1ccc(Oc2ccc(Cc3nc4ccccc4[nH]3)cn2)cc1. The van der Waals surface area contributed by atoms with Crippen LogP contribution in [0.5, 0.6) is 11.6 Å². The summed E-state index contributed by atoms with van der Waals surface area (Å²) in [7, 11) is 0. The Morgan fingerprint density at radius 3 is 1.61 bits per heavy atom. The van der Waals surface area contributed by atoms with E-state index in [0.717, 1.165) is 68.5 Å². The highest BCUT2D eigenvalue weighted by atomic mass is 16.5. The first-order chi connectivity index (χ1) is 22.7. The zero-order chi connectivity index (χ0) is 31.0. The molecule has 0 aliphatic rings. The smallest absolute Gasteiger partial charge is 0.219 e. The molecule has 4 aromatic carbocycles. The van der Waals surface area contributed by atoms with Crippen LogP contribution >= 0.6 is 0 Å². The van der Waals surface area contributed by atoms with Gasteiger partial charge in [0.1, 0.15) is 23.2 Å². The lowest BCUT2D eigenvalue weighted by atomic mass is 10.2. The molecule has 0 atom stereocenters. The minimum Gasteiger partial charge on any atom is -0.439 e. The van der Waals surface area contributed by atoms with E-state index in [1.807, 2.05) is 140 Å². The van der Waals surface area contributed by atoms with Crippen molar-refractivity contribution in [3.8, 4) is 11.6 Å². The summed E-state index contributed by atoms with van der Waals surface area (Å²) in [5, 5.41) is 3.28. The Labute approximate surface area is 266 Å². The van der Waals surface area contributed by atoms with Gasteiger partial charge in [0.25, 0.3) is 0 Å². The van der Waals surface area contributed by atoms with Crippen LogP contribution in [0.25, 0.3) is 22.1 Å². The van der Waals surface area contributed by atoms with Crippen LogP contribution in [0.2, 0.25) is 0 Å². The molecule has 0 saturated heterocycles. The van der Waals surface area contributed by atoms with Gasteiger partial charge in [0.05, 0.1) is 22.1 Å². The highest BCUT2D eigenvalue weighted by Gasteiger charge is 2.06. The van der Waals surface area contributed by atoms with E-state index in [9.17, 15) is 0 Å². The molecule has 0 aliphatic carbocycles. The Kier molecular flexibility index (Phi) is 8.40. The van der Waals surface area contributed by atoms with Crippen LogP contribution in [-0.4, -0.2) is 29.9 Å². The van der Waals surface area contributed by atoms with E-state index >= 15 is 0 Å². The maximum absolute atomic E-state index is 5.70. The van der Waals surface area contributed by atoms with Crippen LogP contribution in [0.1, 0.15) is 22.8 Å². The number of hydrogen-bond donors (Lipinski definition) is 3. The molecule has 0 fully saturated rings. The average molecular weight is 602 g/mol. The van der Waals surface area contributed by atoms with Crippen molar-refractivity contribution in [3.05, 3.63) is 169 Å². The monoisotopic (exact) mass is 601 g/mol. The summed E-state index contributed by atoms with van der Waals surface area (Å²) in [5.41, 5.74) is 7.35. The fraction of sp³-hybridized carbons (Fsp3) is 0.0526. The summed E-state index contributed by atoms with van der Waals surface area (Å²) in [6, 6.07) is 43.7. The van der Waals surface area contributed by atoms with Crippen molar-refractivity contribution in [1.82, 2.24) is 29.9 Å². The predicted octanol–water partition coefficient (Wildman–Crippen LogP) is 8.63. The van der Waals surface area contributed by atoms with Gasteiger partial charge in [-0.2, -0.15) is 0 Å². The molecule has 4 heterocycles. The van der Waals surface area contributed by atoms with Crippen LogP contribution in [-0.2, 0) is 12.8 Å². The van der Waals surface area contributed by atoms with Gasteiger partial charge in [-0.05, 0) is 65.7 Å². The fourth-order valence-corrected chi connectivity index (χ4v) is 5.02. The zero-order valence-corrected chi connectivity index (χ0v) is 25.0. The molecule has 8 aromatic rings. The maximum atomic E-state index is 5.70. The standard InChI is InChI=1S/C19H16N4.C19H15N3O/c1-2-6-15(7-3-1)21-18-11-10-14(13-20-18)12-19-22-16-8-4-5-9-17(16)23-19;1-2-6-15(7-3-1)23-19-11-10-14(13-20-19)12-18-21-16-8-4-5-9-17(16)22-18/h1-11,13H,12H2,(H,20,21)(H,22,23);1-11,13H,12H2,(H,21,22). The second-order valence-electron chi connectivity index (χ2n) is 10.7. The lowest BCUT2D eigenvalue weighted by molar-refractivity contribution is 0.462. The summed E-state index contributed by atoms with van der Waals surface area (Å²) in [6.45, 7) is 0. The molecule has 0 radical (unpaired) electrons. The summed E-state index contributed by atoms with van der Waals surface area (Å²) in [6.07, 6.45) is 5.17. The molecule has 8 rings (SSSR count). The lowest BCUT2D eigenvalue weighted by Crippen LogP contribution is -1.96. The van der Waals surface area contributed by atoms with Crippen LogP contribution in [0.3, 0.4) is 0 Å². The number of nitrogens with one attached hydrogen (secondary N) is 3. The molecule has 224 valence electrons. The van der Waals surface area contributed by atoms with Crippen LogP contribution in [0, 0.1) is 0 Å². The number of para-hydroxylation sites is 6. The third-order valence-corrected chi connectivity index (χ3v) is 7.25. The number of nitrogens with zero attached hydrogens (tertiary/aromatic N) is 4. The Morgan fingerprint density at radius 1 is 0.522 bits per heavy atom. The number of hydrogen-bond acceptors (Lipinski definition) is 6. The van der Waals surface area contributed by atoms with E-state index in [-0.39, 0.29) is 0 Å². The number of pyridine rings is 2. The van der Waals surface area contributed by atoms with Gasteiger partial charge in [-0.1, -0.05) is 72.8 Å². The molecule has 0 saturated carbocycles. The highest BCUT2D eigenvalue weighted by Crippen LogP contribution is 2.20. The van der Waals surface area contributed by atoms with Crippen molar-refractivity contribution in [1.29, 1.82) is 0 Å². The van der Waals surface area contributed by atoms with Crippen molar-refractivity contribution in [3.63, 3.8) is 0 Å². The van der Waals surface area contributed by atoms with Crippen molar-refractivity contribution in [2.75, 3.05) is 5.32 Å². The molecule has 0 bridgehead atoms. The summed E-state index contributed by atoms with van der Waals surface area (Å²) < 4.78 is 5.70. The van der Waals surface area contributed by atoms with Crippen molar-refractivity contribution in [2.45, 2.75) is 12.8 Å². The Hall–Kier alpha value is -6.28. The van der Waals surface area contributed by atoms with Gasteiger partial charge in [0, 0.05) is 37.0 Å². The fourth-order valence-electron chi connectivity index (χ4n) is 5.02. The third-order valence-electron chi connectivity index (χ3n) is 7.25. The minimum atomic E-state index is 0.588. The van der Waals surface area contributed by atoms with Crippen molar-refractivity contribution in [2.24, 2.45) is 0 Å². The maximum Gasteiger partial charge on any atom is 0.219 e. The quantitative estimate of drug-likeness (QED) is 0.161. The molecule has 0 unspecified atom stereocenters. The summed E-state index contributed by atoms with van der Waals surface area (Å²) >= 11 is 0. The first-order valence-corrected chi connectivity index (χ1v) is 15.1. The van der Waals surface area contributed by atoms with Gasteiger partial charge in [-0.15, -0.1) is 0 Å². The molecule has 8 heteroatoms. The molecule has 0 amide bonds. The Balaban J connectivity index is 0.000000147. The molecule has 0 aliphatic heterocycles. The average Bonchev–Trinajstić information content (AvgIpc) is 3.71. The molecule has 8 nitrogen and oxygen atoms in total. The number of fused-ring (bicyclic) bond motifs is 2. The number of ether oxygens (including phenoxy) is 1. The number of rotatable bonds is 8. The van der Waals surface area contributed by atoms with Crippen LogP contribution in [0.4, 0.5) is 11.5 Å². The zero-order valence-electron chi connectivity index (χ0n) is 25.0. The number of aromatic nitrogens is 6. The van der Waals surface area contributed by atoms with Gasteiger partial charge in [0.2, 0.25) is 5.88 Å². The van der Waals surface area contributed by atoms with E-state index in [4.69, 9.17) is 4.74 Å². The second kappa shape index (κ2) is 13.6. The Morgan fingerprint density at radius 2 is 1.07 bits per heavy atom. The molecular weight excluding hydrogens is 570 g/mol. The van der Waals surface area contributed by atoms with Crippen molar-refractivity contribution >= 4 is 33.6 Å². The predicted molar refractivity (Wildman–Crippen MR) is 183 cm³/mol. The molecule has 0 spiro atoms. The van der Waals surface area contributed by atoms with Crippen LogP contribution < -0.4 is 10.1 Å². The van der Waals surface area contributed by atoms with Gasteiger partial charge < -0.3 is 20.0 Å². The summed E-state index contributed by atoms with van der Waals surface area (Å²) in [5.74, 6) is 4.10. The third kappa shape index (κ3) is 7.26. The topological polar surface area (TPSA) is 104 Å². The van der Waals surface area contributed by atoms with Gasteiger partial charge >= 0.3 is 0 Å².